The van der Waals surface area contributed by atoms with E-state index in [2.05, 4.69) is 30.8 Å². The highest BCUT2D eigenvalue weighted by Crippen LogP contribution is 2.19. The Hall–Kier alpha value is -3.30. The molecule has 0 aliphatic carbocycles. The SMILES string of the molecule is CN=C(NCc1nc(-c2ccc(OC)cc2)n[nH]1)NC1CN(C(=O)OC(C)(C)C)C1. The highest BCUT2D eigenvalue weighted by molar-refractivity contribution is 5.80. The van der Waals surface area contributed by atoms with Crippen LogP contribution in [0.4, 0.5) is 4.79 Å². The second kappa shape index (κ2) is 9.02. The van der Waals surface area contributed by atoms with Crippen LogP contribution in [0.15, 0.2) is 29.3 Å². The maximum absolute atomic E-state index is 12.0. The van der Waals surface area contributed by atoms with Gasteiger partial charge in [0.15, 0.2) is 11.8 Å². The van der Waals surface area contributed by atoms with Gasteiger partial charge in [0.05, 0.1) is 19.7 Å². The second-order valence-corrected chi connectivity index (χ2v) is 7.99. The molecule has 30 heavy (non-hydrogen) atoms. The van der Waals surface area contributed by atoms with Gasteiger partial charge in [-0.15, -0.1) is 0 Å². The smallest absolute Gasteiger partial charge is 0.410 e. The van der Waals surface area contributed by atoms with Crippen molar-refractivity contribution in [3.63, 3.8) is 0 Å². The van der Waals surface area contributed by atoms with Gasteiger partial charge in [-0.3, -0.25) is 10.1 Å². The highest BCUT2D eigenvalue weighted by atomic mass is 16.6. The molecule has 0 bridgehead atoms. The molecule has 0 spiro atoms. The van der Waals surface area contributed by atoms with Crippen LogP contribution in [0.3, 0.4) is 0 Å². The van der Waals surface area contributed by atoms with E-state index in [9.17, 15) is 4.79 Å². The lowest BCUT2D eigenvalue weighted by molar-refractivity contribution is 0.00701. The molecule has 1 aliphatic rings. The number of likely N-dealkylation sites (tertiary alicyclic amines) is 1. The van der Waals surface area contributed by atoms with Gasteiger partial charge < -0.3 is 25.0 Å². The molecule has 3 rings (SSSR count). The third kappa shape index (κ3) is 5.62. The van der Waals surface area contributed by atoms with E-state index < -0.39 is 5.60 Å². The van der Waals surface area contributed by atoms with Gasteiger partial charge in [0.25, 0.3) is 0 Å². The molecule has 0 atom stereocenters. The molecule has 1 amide bonds. The van der Waals surface area contributed by atoms with Crippen molar-refractivity contribution < 1.29 is 14.3 Å². The topological polar surface area (TPSA) is 117 Å². The minimum Gasteiger partial charge on any atom is -0.497 e. The Morgan fingerprint density at radius 1 is 1.30 bits per heavy atom. The van der Waals surface area contributed by atoms with Crippen LogP contribution >= 0.6 is 0 Å². The number of ether oxygens (including phenoxy) is 2. The number of nitrogens with one attached hydrogen (secondary N) is 3. The standard InChI is InChI=1S/C20H29N7O3/c1-20(2,3)30-19(28)27-11-14(12-27)23-18(21-4)22-10-16-24-17(26-25-16)13-6-8-15(29-5)9-7-13/h6-9,14H,10-12H2,1-5H3,(H2,21,22,23)(H,24,25,26). The normalized spacial score (nSPS) is 14.8. The van der Waals surface area contributed by atoms with Crippen molar-refractivity contribution in [1.82, 2.24) is 30.7 Å². The van der Waals surface area contributed by atoms with Crippen LogP contribution in [-0.2, 0) is 11.3 Å². The number of H-pyrrole nitrogens is 1. The minimum atomic E-state index is -0.491. The number of amides is 1. The Kier molecular flexibility index (Phi) is 6.43. The number of aromatic amines is 1. The number of nitrogens with zero attached hydrogens (tertiary/aromatic N) is 4. The molecule has 162 valence electrons. The molecule has 1 saturated heterocycles. The van der Waals surface area contributed by atoms with Crippen LogP contribution in [0.1, 0.15) is 26.6 Å². The minimum absolute atomic E-state index is 0.119. The van der Waals surface area contributed by atoms with Crippen molar-refractivity contribution in [1.29, 1.82) is 0 Å². The largest absolute Gasteiger partial charge is 0.497 e. The fourth-order valence-electron chi connectivity index (χ4n) is 2.84. The Balaban J connectivity index is 1.45. The summed E-state index contributed by atoms with van der Waals surface area (Å²) in [4.78, 5) is 22.4. The quantitative estimate of drug-likeness (QED) is 0.503. The highest BCUT2D eigenvalue weighted by Gasteiger charge is 2.34. The van der Waals surface area contributed by atoms with Crippen molar-refractivity contribution in [2.45, 2.75) is 39.0 Å². The van der Waals surface area contributed by atoms with Gasteiger partial charge in [0.2, 0.25) is 0 Å². The summed E-state index contributed by atoms with van der Waals surface area (Å²) in [6, 6.07) is 7.68. The van der Waals surface area contributed by atoms with Gasteiger partial charge >= 0.3 is 6.09 Å². The van der Waals surface area contributed by atoms with Crippen LogP contribution in [-0.4, -0.2) is 71.0 Å². The monoisotopic (exact) mass is 415 g/mol. The molecule has 3 N–H and O–H groups in total. The first-order valence-electron chi connectivity index (χ1n) is 9.78. The molecule has 0 saturated carbocycles. The summed E-state index contributed by atoms with van der Waals surface area (Å²) in [7, 11) is 3.33. The predicted molar refractivity (Wildman–Crippen MR) is 113 cm³/mol. The Morgan fingerprint density at radius 2 is 2.00 bits per heavy atom. The Morgan fingerprint density at radius 3 is 2.60 bits per heavy atom. The van der Waals surface area contributed by atoms with Gasteiger partial charge in [0, 0.05) is 25.7 Å². The average molecular weight is 415 g/mol. The zero-order valence-electron chi connectivity index (χ0n) is 18.0. The number of methoxy groups -OCH3 is 1. The van der Waals surface area contributed by atoms with Crippen molar-refractivity contribution in [2.75, 3.05) is 27.2 Å². The molecule has 10 heteroatoms. The zero-order chi connectivity index (χ0) is 21.7. The second-order valence-electron chi connectivity index (χ2n) is 7.99. The summed E-state index contributed by atoms with van der Waals surface area (Å²) in [5.74, 6) is 2.72. The van der Waals surface area contributed by atoms with E-state index in [0.29, 0.717) is 37.2 Å². The van der Waals surface area contributed by atoms with E-state index in [0.717, 1.165) is 11.3 Å². The van der Waals surface area contributed by atoms with Crippen molar-refractivity contribution >= 4 is 12.1 Å². The van der Waals surface area contributed by atoms with Gasteiger partial charge in [-0.1, -0.05) is 0 Å². The third-order valence-corrected chi connectivity index (χ3v) is 4.40. The number of benzene rings is 1. The maximum Gasteiger partial charge on any atom is 0.410 e. The van der Waals surface area contributed by atoms with Crippen molar-refractivity contribution in [3.05, 3.63) is 30.1 Å². The number of rotatable bonds is 5. The molecule has 1 aliphatic heterocycles. The summed E-state index contributed by atoms with van der Waals surface area (Å²) >= 11 is 0. The van der Waals surface area contributed by atoms with Crippen LogP contribution in [0.25, 0.3) is 11.4 Å². The van der Waals surface area contributed by atoms with Crippen LogP contribution in [0.5, 0.6) is 5.75 Å². The first-order chi connectivity index (χ1) is 14.3. The van der Waals surface area contributed by atoms with Crippen LogP contribution in [0.2, 0.25) is 0 Å². The van der Waals surface area contributed by atoms with E-state index in [1.54, 1.807) is 19.1 Å². The molecule has 0 unspecified atom stereocenters. The fourth-order valence-corrected chi connectivity index (χ4v) is 2.84. The lowest BCUT2D eigenvalue weighted by Gasteiger charge is -2.40. The van der Waals surface area contributed by atoms with Crippen molar-refractivity contribution in [3.8, 4) is 17.1 Å². The number of aromatic nitrogens is 3. The molecule has 2 heterocycles. The number of hydrogen-bond donors (Lipinski definition) is 3. The van der Waals surface area contributed by atoms with E-state index >= 15 is 0 Å². The third-order valence-electron chi connectivity index (χ3n) is 4.40. The molecular weight excluding hydrogens is 386 g/mol. The van der Waals surface area contributed by atoms with E-state index in [1.807, 2.05) is 45.0 Å². The summed E-state index contributed by atoms with van der Waals surface area (Å²) in [6.45, 7) is 7.14. The summed E-state index contributed by atoms with van der Waals surface area (Å²) in [6.07, 6.45) is -0.295. The molecule has 1 aromatic carbocycles. The summed E-state index contributed by atoms with van der Waals surface area (Å²) in [5, 5.41) is 13.7. The van der Waals surface area contributed by atoms with E-state index in [-0.39, 0.29) is 12.1 Å². The molecule has 1 aromatic heterocycles. The molecular formula is C20H29N7O3. The first-order valence-corrected chi connectivity index (χ1v) is 9.78. The maximum atomic E-state index is 12.0. The number of aliphatic imine (C=N–C) groups is 1. The van der Waals surface area contributed by atoms with Gasteiger partial charge in [-0.2, -0.15) is 5.10 Å². The van der Waals surface area contributed by atoms with E-state index in [1.165, 1.54) is 0 Å². The Bertz CT molecular complexity index is 881. The van der Waals surface area contributed by atoms with E-state index in [4.69, 9.17) is 9.47 Å². The van der Waals surface area contributed by atoms with Crippen LogP contribution in [0, 0.1) is 0 Å². The lowest BCUT2D eigenvalue weighted by atomic mass is 10.1. The number of carbonyl (C=O) groups excluding carboxylic acids is 1. The van der Waals surface area contributed by atoms with Gasteiger partial charge in [0.1, 0.15) is 17.2 Å². The molecule has 2 aromatic rings. The first kappa shape index (κ1) is 21.4. The van der Waals surface area contributed by atoms with Crippen molar-refractivity contribution in [2.24, 2.45) is 4.99 Å². The Labute approximate surface area is 176 Å². The number of guanidine groups is 1. The lowest BCUT2D eigenvalue weighted by Crippen LogP contribution is -2.63. The molecule has 0 radical (unpaired) electrons. The van der Waals surface area contributed by atoms with Gasteiger partial charge in [-0.05, 0) is 45.0 Å². The van der Waals surface area contributed by atoms with Crippen LogP contribution < -0.4 is 15.4 Å². The summed E-state index contributed by atoms with van der Waals surface area (Å²) < 4.78 is 10.5. The summed E-state index contributed by atoms with van der Waals surface area (Å²) in [5.41, 5.74) is 0.409. The fraction of sp³-hybridized carbons (Fsp3) is 0.500. The zero-order valence-corrected chi connectivity index (χ0v) is 18.0. The van der Waals surface area contributed by atoms with Gasteiger partial charge in [-0.25, -0.2) is 9.78 Å². The molecule has 1 fully saturated rings. The molecule has 10 nitrogen and oxygen atoms in total. The number of carbonyl (C=O) groups is 1. The number of hydrogen-bond acceptors (Lipinski definition) is 6. The predicted octanol–water partition coefficient (Wildman–Crippen LogP) is 1.76. The average Bonchev–Trinajstić information content (AvgIpc) is 3.14.